The maximum Gasteiger partial charge on any atom is 0.410 e. The van der Waals surface area contributed by atoms with Crippen LogP contribution in [0.3, 0.4) is 0 Å². The normalized spacial score (nSPS) is 19.8. The lowest BCUT2D eigenvalue weighted by Crippen LogP contribution is -2.45. The highest BCUT2D eigenvalue weighted by atomic mass is 19.1. The van der Waals surface area contributed by atoms with Gasteiger partial charge in [-0.15, -0.1) is 0 Å². The molecule has 2 aromatic carbocycles. The Kier molecular flexibility index (Phi) is 8.19. The van der Waals surface area contributed by atoms with E-state index < -0.39 is 11.6 Å². The maximum atomic E-state index is 13.4. The Bertz CT molecular complexity index is 1180. The molecule has 1 aliphatic carbocycles. The molecular weight excluding hydrogens is 487 g/mol. The quantitative estimate of drug-likeness (QED) is 0.481. The SMILES string of the molecule is CC(C)(C)OC(=O)N(CC1CCN(C(=O)/C=C/c2ccc(C(=O)O)cc2)CC1)C1CC1c1ccc(F)cc1. The summed E-state index contributed by atoms with van der Waals surface area (Å²) in [6.45, 7) is 7.31. The lowest BCUT2D eigenvalue weighted by Gasteiger charge is -2.35. The fourth-order valence-electron chi connectivity index (χ4n) is 4.88. The fourth-order valence-corrected chi connectivity index (χ4v) is 4.88. The first-order valence-corrected chi connectivity index (χ1v) is 13.1. The van der Waals surface area contributed by atoms with Crippen molar-refractivity contribution in [2.75, 3.05) is 19.6 Å². The van der Waals surface area contributed by atoms with Crippen LogP contribution < -0.4 is 0 Å². The summed E-state index contributed by atoms with van der Waals surface area (Å²) in [5.41, 5.74) is 1.37. The highest BCUT2D eigenvalue weighted by Crippen LogP contribution is 2.45. The predicted octanol–water partition coefficient (Wildman–Crippen LogP) is 5.57. The third-order valence-corrected chi connectivity index (χ3v) is 7.04. The third kappa shape index (κ3) is 7.21. The molecule has 1 saturated heterocycles. The van der Waals surface area contributed by atoms with Gasteiger partial charge in [-0.25, -0.2) is 14.0 Å². The minimum atomic E-state index is -0.989. The van der Waals surface area contributed by atoms with Gasteiger partial charge in [0.05, 0.1) is 5.56 Å². The standard InChI is InChI=1S/C30H35FN2O5/c1-30(2,3)38-29(37)33(26-18-25(26)22-9-11-24(31)12-10-22)19-21-14-16-32(17-15-21)27(34)13-6-20-4-7-23(8-5-20)28(35)36/h4-13,21,25-26H,14-19H2,1-3H3,(H,35,36)/b13-6+. The molecular formula is C30H35FN2O5. The van der Waals surface area contributed by atoms with E-state index in [9.17, 15) is 18.8 Å². The summed E-state index contributed by atoms with van der Waals surface area (Å²) in [5.74, 6) is -0.944. The van der Waals surface area contributed by atoms with Crippen molar-refractivity contribution in [2.24, 2.45) is 5.92 Å². The number of hydrogen-bond donors (Lipinski definition) is 1. The van der Waals surface area contributed by atoms with Crippen molar-refractivity contribution in [3.63, 3.8) is 0 Å². The lowest BCUT2D eigenvalue weighted by molar-refractivity contribution is -0.127. The lowest BCUT2D eigenvalue weighted by atomic mass is 9.96. The summed E-state index contributed by atoms with van der Waals surface area (Å²) >= 11 is 0. The van der Waals surface area contributed by atoms with Gasteiger partial charge in [0.25, 0.3) is 0 Å². The molecule has 2 fully saturated rings. The second-order valence-electron chi connectivity index (χ2n) is 11.1. The number of likely N-dealkylation sites (tertiary alicyclic amines) is 1. The van der Waals surface area contributed by atoms with Gasteiger partial charge in [-0.1, -0.05) is 24.3 Å². The van der Waals surface area contributed by atoms with Crippen molar-refractivity contribution in [1.29, 1.82) is 0 Å². The smallest absolute Gasteiger partial charge is 0.410 e. The van der Waals surface area contributed by atoms with Crippen LogP contribution in [0.15, 0.2) is 54.6 Å². The number of carbonyl (C=O) groups is 3. The summed E-state index contributed by atoms with van der Waals surface area (Å²) in [6.07, 6.45) is 5.25. The second kappa shape index (κ2) is 11.4. The highest BCUT2D eigenvalue weighted by molar-refractivity contribution is 5.92. The second-order valence-corrected chi connectivity index (χ2v) is 11.1. The van der Waals surface area contributed by atoms with E-state index >= 15 is 0 Å². The van der Waals surface area contributed by atoms with E-state index in [1.807, 2.05) is 25.7 Å². The number of nitrogens with zero attached hydrogens (tertiary/aromatic N) is 2. The van der Waals surface area contributed by atoms with Crippen molar-refractivity contribution in [2.45, 2.75) is 57.6 Å². The Morgan fingerprint density at radius 1 is 1.05 bits per heavy atom. The summed E-state index contributed by atoms with van der Waals surface area (Å²) in [6, 6.07) is 12.8. The molecule has 0 radical (unpaired) electrons. The van der Waals surface area contributed by atoms with Crippen LogP contribution in [0.1, 0.15) is 67.4 Å². The van der Waals surface area contributed by atoms with Crippen LogP contribution in [0.5, 0.6) is 0 Å². The average Bonchev–Trinajstić information content (AvgIpc) is 3.66. The molecule has 38 heavy (non-hydrogen) atoms. The van der Waals surface area contributed by atoms with Crippen molar-refractivity contribution in [1.82, 2.24) is 9.80 Å². The molecule has 2 amide bonds. The van der Waals surface area contributed by atoms with E-state index in [2.05, 4.69) is 0 Å². The minimum Gasteiger partial charge on any atom is -0.478 e. The minimum absolute atomic E-state index is 0.0189. The molecule has 0 bridgehead atoms. The number of benzene rings is 2. The summed E-state index contributed by atoms with van der Waals surface area (Å²) < 4.78 is 19.1. The monoisotopic (exact) mass is 522 g/mol. The number of rotatable bonds is 7. The molecule has 1 saturated carbocycles. The predicted molar refractivity (Wildman–Crippen MR) is 142 cm³/mol. The Morgan fingerprint density at radius 3 is 2.26 bits per heavy atom. The summed E-state index contributed by atoms with van der Waals surface area (Å²) in [4.78, 5) is 40.5. The summed E-state index contributed by atoms with van der Waals surface area (Å²) in [7, 11) is 0. The molecule has 2 unspecified atom stereocenters. The van der Waals surface area contributed by atoms with E-state index in [0.717, 1.165) is 30.4 Å². The van der Waals surface area contributed by atoms with Gasteiger partial charge >= 0.3 is 12.1 Å². The number of aromatic carboxylic acids is 1. The Morgan fingerprint density at radius 2 is 1.68 bits per heavy atom. The number of ether oxygens (including phenoxy) is 1. The molecule has 2 aromatic rings. The van der Waals surface area contributed by atoms with Crippen LogP contribution in [0.25, 0.3) is 6.08 Å². The van der Waals surface area contributed by atoms with E-state index in [1.54, 1.807) is 35.2 Å². The molecule has 8 heteroatoms. The Balaban J connectivity index is 1.33. The highest BCUT2D eigenvalue weighted by Gasteiger charge is 2.46. The molecule has 0 spiro atoms. The third-order valence-electron chi connectivity index (χ3n) is 7.04. The van der Waals surface area contributed by atoms with Crippen LogP contribution in [0.4, 0.5) is 9.18 Å². The molecule has 2 atom stereocenters. The zero-order chi connectivity index (χ0) is 27.4. The van der Waals surface area contributed by atoms with Crippen LogP contribution in [0.2, 0.25) is 0 Å². The molecule has 1 aliphatic heterocycles. The molecule has 0 aromatic heterocycles. The first-order chi connectivity index (χ1) is 18.0. The van der Waals surface area contributed by atoms with Gasteiger partial charge < -0.3 is 19.6 Å². The van der Waals surface area contributed by atoms with Gasteiger partial charge in [-0.3, -0.25) is 4.79 Å². The van der Waals surface area contributed by atoms with Crippen LogP contribution in [-0.4, -0.2) is 64.2 Å². The number of halogens is 1. The van der Waals surface area contributed by atoms with Gasteiger partial charge in [0.15, 0.2) is 0 Å². The van der Waals surface area contributed by atoms with Crippen LogP contribution in [-0.2, 0) is 9.53 Å². The Labute approximate surface area is 222 Å². The van der Waals surface area contributed by atoms with E-state index in [1.165, 1.54) is 30.3 Å². The van der Waals surface area contributed by atoms with Gasteiger partial charge in [0.2, 0.25) is 5.91 Å². The topological polar surface area (TPSA) is 87.2 Å². The molecule has 7 nitrogen and oxygen atoms in total. The maximum absolute atomic E-state index is 13.4. The van der Waals surface area contributed by atoms with E-state index in [-0.39, 0.29) is 41.3 Å². The molecule has 1 heterocycles. The van der Waals surface area contributed by atoms with Gasteiger partial charge in [-0.05, 0) is 87.4 Å². The number of amides is 2. The molecule has 2 aliphatic rings. The molecule has 1 N–H and O–H groups in total. The van der Waals surface area contributed by atoms with Gasteiger partial charge in [0.1, 0.15) is 11.4 Å². The number of carbonyl (C=O) groups excluding carboxylic acids is 2. The zero-order valence-electron chi connectivity index (χ0n) is 22.1. The van der Waals surface area contributed by atoms with Crippen LogP contribution >= 0.6 is 0 Å². The zero-order valence-corrected chi connectivity index (χ0v) is 22.1. The largest absolute Gasteiger partial charge is 0.478 e. The van der Waals surface area contributed by atoms with Gasteiger partial charge in [0, 0.05) is 37.7 Å². The first-order valence-electron chi connectivity index (χ1n) is 13.1. The van der Waals surface area contributed by atoms with E-state index in [0.29, 0.717) is 19.6 Å². The number of piperidine rings is 1. The number of carboxylic acids is 1. The van der Waals surface area contributed by atoms with Gasteiger partial charge in [-0.2, -0.15) is 0 Å². The number of hydrogen-bond acceptors (Lipinski definition) is 4. The number of carboxylic acid groups (broad SMARTS) is 1. The van der Waals surface area contributed by atoms with Crippen molar-refractivity contribution in [3.8, 4) is 0 Å². The molecule has 202 valence electrons. The summed E-state index contributed by atoms with van der Waals surface area (Å²) in [5, 5.41) is 9.01. The first kappa shape index (κ1) is 27.4. The van der Waals surface area contributed by atoms with Crippen molar-refractivity contribution < 1.29 is 28.6 Å². The van der Waals surface area contributed by atoms with Crippen molar-refractivity contribution >= 4 is 24.0 Å². The fraction of sp³-hybridized carbons (Fsp3) is 0.433. The average molecular weight is 523 g/mol. The van der Waals surface area contributed by atoms with E-state index in [4.69, 9.17) is 9.84 Å². The Hall–Kier alpha value is -3.68. The van der Waals surface area contributed by atoms with Crippen molar-refractivity contribution in [3.05, 3.63) is 77.1 Å². The van der Waals surface area contributed by atoms with Crippen LogP contribution in [0, 0.1) is 11.7 Å². The molecule has 4 rings (SSSR count).